The van der Waals surface area contributed by atoms with E-state index >= 15 is 0 Å². The van der Waals surface area contributed by atoms with Crippen molar-refractivity contribution in [1.29, 1.82) is 0 Å². The molecule has 0 aliphatic rings. The van der Waals surface area contributed by atoms with Crippen LogP contribution in [0.25, 0.3) is 11.3 Å². The molecule has 0 spiro atoms. The average Bonchev–Trinajstić information content (AvgIpc) is 2.87. The van der Waals surface area contributed by atoms with Gasteiger partial charge in [0.2, 0.25) is 5.91 Å². The molecule has 0 aliphatic heterocycles. The Bertz CT molecular complexity index is 663. The topological polar surface area (TPSA) is 104 Å². The zero-order chi connectivity index (χ0) is 14.7. The van der Waals surface area contributed by atoms with Gasteiger partial charge in [0.25, 0.3) is 0 Å². The summed E-state index contributed by atoms with van der Waals surface area (Å²) in [5.74, 6) is -0.869. The molecule has 0 radical (unpaired) electrons. The van der Waals surface area contributed by atoms with Crippen molar-refractivity contribution in [3.63, 3.8) is 0 Å². The third-order valence-electron chi connectivity index (χ3n) is 2.64. The predicted molar refractivity (Wildman–Crippen MR) is 71.8 cm³/mol. The number of aromatic carboxylic acids is 1. The molecule has 20 heavy (non-hydrogen) atoms. The molecule has 0 bridgehead atoms. The van der Waals surface area contributed by atoms with E-state index in [4.69, 9.17) is 9.84 Å². The van der Waals surface area contributed by atoms with Crippen LogP contribution >= 0.6 is 0 Å². The number of carbonyl (C=O) groups excluding carboxylic acids is 1. The number of aromatic nitrogens is 2. The van der Waals surface area contributed by atoms with E-state index in [2.05, 4.69) is 15.3 Å². The first kappa shape index (κ1) is 13.6. The molecule has 3 N–H and O–H groups in total. The number of anilines is 1. The first-order chi connectivity index (χ1) is 9.52. The highest BCUT2D eigenvalue weighted by molar-refractivity contribution is 5.95. The molecule has 0 unspecified atom stereocenters. The van der Waals surface area contributed by atoms with Crippen LogP contribution in [0.3, 0.4) is 0 Å². The fourth-order valence-electron chi connectivity index (χ4n) is 1.82. The Kier molecular flexibility index (Phi) is 3.69. The molecule has 1 amide bonds. The molecule has 7 heteroatoms. The summed E-state index contributed by atoms with van der Waals surface area (Å²) in [6.07, 6.45) is 1.31. The molecule has 104 valence electrons. The summed E-state index contributed by atoms with van der Waals surface area (Å²) < 4.78 is 5.14. The molecular weight excluding hydrogens is 262 g/mol. The fourth-order valence-corrected chi connectivity index (χ4v) is 1.82. The lowest BCUT2D eigenvalue weighted by molar-refractivity contribution is -0.114. The fraction of sp³-hybridized carbons (Fsp3) is 0.154. The van der Waals surface area contributed by atoms with Gasteiger partial charge < -0.3 is 20.1 Å². The van der Waals surface area contributed by atoms with Gasteiger partial charge in [-0.05, 0) is 18.2 Å². The summed E-state index contributed by atoms with van der Waals surface area (Å²) in [5.41, 5.74) is 1.31. The van der Waals surface area contributed by atoms with Crippen molar-refractivity contribution < 1.29 is 19.4 Å². The van der Waals surface area contributed by atoms with Crippen LogP contribution in [0.5, 0.6) is 5.75 Å². The number of carboxylic acid groups (broad SMARTS) is 1. The molecule has 1 aromatic heterocycles. The van der Waals surface area contributed by atoms with Gasteiger partial charge in [-0.15, -0.1) is 0 Å². The highest BCUT2D eigenvalue weighted by Gasteiger charge is 2.16. The van der Waals surface area contributed by atoms with E-state index in [1.54, 1.807) is 18.2 Å². The van der Waals surface area contributed by atoms with Crippen molar-refractivity contribution in [3.8, 4) is 17.0 Å². The summed E-state index contributed by atoms with van der Waals surface area (Å²) in [6.45, 7) is 1.38. The van der Waals surface area contributed by atoms with Crippen LogP contribution in [-0.2, 0) is 4.79 Å². The monoisotopic (exact) mass is 275 g/mol. The zero-order valence-electron chi connectivity index (χ0n) is 10.9. The predicted octanol–water partition coefficient (Wildman–Crippen LogP) is 1.74. The number of nitrogens with zero attached hydrogens (tertiary/aromatic N) is 1. The number of methoxy groups -OCH3 is 1. The highest BCUT2D eigenvalue weighted by atomic mass is 16.5. The minimum atomic E-state index is -1.10. The average molecular weight is 275 g/mol. The Morgan fingerprint density at radius 1 is 1.40 bits per heavy atom. The summed E-state index contributed by atoms with van der Waals surface area (Å²) in [7, 11) is 1.48. The number of H-pyrrole nitrogens is 1. The van der Waals surface area contributed by atoms with Crippen molar-refractivity contribution in [1.82, 2.24) is 9.97 Å². The van der Waals surface area contributed by atoms with Crippen LogP contribution in [0.1, 0.15) is 17.4 Å². The largest absolute Gasteiger partial charge is 0.495 e. The maximum Gasteiger partial charge on any atom is 0.354 e. The Morgan fingerprint density at radius 3 is 2.75 bits per heavy atom. The second-order valence-corrected chi connectivity index (χ2v) is 4.03. The van der Waals surface area contributed by atoms with E-state index in [0.29, 0.717) is 22.7 Å². The molecule has 0 saturated heterocycles. The Labute approximate surface area is 114 Å². The summed E-state index contributed by atoms with van der Waals surface area (Å²) >= 11 is 0. The number of hydrogen-bond acceptors (Lipinski definition) is 4. The maximum atomic E-state index is 11.2. The highest BCUT2D eigenvalue weighted by Crippen LogP contribution is 2.30. The lowest BCUT2D eigenvalue weighted by atomic mass is 10.1. The quantitative estimate of drug-likeness (QED) is 0.788. The molecule has 0 saturated carbocycles. The van der Waals surface area contributed by atoms with Gasteiger partial charge in [0, 0.05) is 12.5 Å². The summed E-state index contributed by atoms with van der Waals surface area (Å²) in [4.78, 5) is 28.8. The molecule has 2 aromatic rings. The van der Waals surface area contributed by atoms with Gasteiger partial charge in [-0.2, -0.15) is 0 Å². The van der Waals surface area contributed by atoms with Crippen molar-refractivity contribution >= 4 is 17.6 Å². The zero-order valence-corrected chi connectivity index (χ0v) is 10.9. The number of aromatic amines is 1. The molecule has 2 rings (SSSR count). The number of benzene rings is 1. The third kappa shape index (κ3) is 2.61. The van der Waals surface area contributed by atoms with Crippen LogP contribution in [0.2, 0.25) is 0 Å². The number of carboxylic acids is 1. The maximum absolute atomic E-state index is 11.2. The number of amides is 1. The van der Waals surface area contributed by atoms with Gasteiger partial charge in [0.15, 0.2) is 5.69 Å². The molecule has 0 aliphatic carbocycles. The molecule has 1 aromatic carbocycles. The summed E-state index contributed by atoms with van der Waals surface area (Å²) in [6, 6.07) is 4.93. The van der Waals surface area contributed by atoms with Gasteiger partial charge in [0.1, 0.15) is 11.4 Å². The molecule has 7 nitrogen and oxygen atoms in total. The molecular formula is C13H13N3O4. The minimum absolute atomic E-state index is 0.0102. The lowest BCUT2D eigenvalue weighted by Crippen LogP contribution is -2.07. The van der Waals surface area contributed by atoms with Gasteiger partial charge in [0.05, 0.1) is 19.1 Å². The van der Waals surface area contributed by atoms with Crippen LogP contribution in [0, 0.1) is 0 Å². The smallest absolute Gasteiger partial charge is 0.354 e. The standard InChI is InChI=1S/C13H13N3O4/c1-7(17)16-9-5-8(3-4-10(9)20-2)11-12(13(18)19)15-6-14-11/h3-6H,1-2H3,(H,14,15)(H,16,17)(H,18,19). The first-order valence-electron chi connectivity index (χ1n) is 5.75. The minimum Gasteiger partial charge on any atom is -0.495 e. The van der Waals surface area contributed by atoms with Crippen LogP contribution in [0.4, 0.5) is 5.69 Å². The first-order valence-corrected chi connectivity index (χ1v) is 5.75. The van der Waals surface area contributed by atoms with E-state index in [-0.39, 0.29) is 11.6 Å². The van der Waals surface area contributed by atoms with Gasteiger partial charge in [-0.25, -0.2) is 9.78 Å². The molecule has 0 fully saturated rings. The van der Waals surface area contributed by atoms with Crippen molar-refractivity contribution in [2.45, 2.75) is 6.92 Å². The lowest BCUT2D eigenvalue weighted by Gasteiger charge is -2.10. The van der Waals surface area contributed by atoms with E-state index in [1.807, 2.05) is 0 Å². The third-order valence-corrected chi connectivity index (χ3v) is 2.64. The van der Waals surface area contributed by atoms with E-state index in [1.165, 1.54) is 20.4 Å². The van der Waals surface area contributed by atoms with Crippen molar-refractivity contribution in [3.05, 3.63) is 30.2 Å². The summed E-state index contributed by atoms with van der Waals surface area (Å²) in [5, 5.41) is 11.7. The number of nitrogens with one attached hydrogen (secondary N) is 2. The molecule has 0 atom stereocenters. The number of ether oxygens (including phenoxy) is 1. The number of carbonyl (C=O) groups is 2. The molecule has 1 heterocycles. The van der Waals surface area contributed by atoms with Gasteiger partial charge >= 0.3 is 5.97 Å². The number of rotatable bonds is 4. The number of imidazole rings is 1. The van der Waals surface area contributed by atoms with Crippen molar-refractivity contribution in [2.75, 3.05) is 12.4 Å². The van der Waals surface area contributed by atoms with E-state index in [9.17, 15) is 9.59 Å². The Hall–Kier alpha value is -2.83. The normalized spacial score (nSPS) is 10.1. The Balaban J connectivity index is 2.50. The van der Waals surface area contributed by atoms with E-state index < -0.39 is 5.97 Å². The SMILES string of the molecule is COc1ccc(-c2nc[nH]c2C(=O)O)cc1NC(C)=O. The van der Waals surface area contributed by atoms with Gasteiger partial charge in [-0.1, -0.05) is 0 Å². The van der Waals surface area contributed by atoms with Gasteiger partial charge in [-0.3, -0.25) is 4.79 Å². The number of hydrogen-bond donors (Lipinski definition) is 3. The second-order valence-electron chi connectivity index (χ2n) is 4.03. The Morgan fingerprint density at radius 2 is 2.15 bits per heavy atom. The van der Waals surface area contributed by atoms with Crippen LogP contribution in [-0.4, -0.2) is 34.1 Å². The van der Waals surface area contributed by atoms with E-state index in [0.717, 1.165) is 0 Å². The second kappa shape index (κ2) is 5.43. The van der Waals surface area contributed by atoms with Crippen LogP contribution < -0.4 is 10.1 Å². The van der Waals surface area contributed by atoms with Crippen LogP contribution in [0.15, 0.2) is 24.5 Å². The van der Waals surface area contributed by atoms with Crippen molar-refractivity contribution in [2.24, 2.45) is 0 Å².